The number of likely N-dealkylation sites (tertiary alicyclic amines) is 1. The first-order valence-corrected chi connectivity index (χ1v) is 5.55. The maximum atomic E-state index is 12.5. The van der Waals surface area contributed by atoms with Crippen LogP contribution in [0.1, 0.15) is 34.1 Å². The molecule has 94 valence electrons. The molecule has 0 saturated carbocycles. The molecule has 0 aromatic rings. The Labute approximate surface area is 95.7 Å². The molecule has 1 amide bonds. The number of halogens is 1. The van der Waals surface area contributed by atoms with Crippen molar-refractivity contribution in [2.24, 2.45) is 0 Å². The molecule has 5 heteroatoms. The zero-order valence-electron chi connectivity index (χ0n) is 10.3. The molecule has 2 atom stereocenters. The summed E-state index contributed by atoms with van der Waals surface area (Å²) in [5, 5.41) is 0. The predicted molar refractivity (Wildman–Crippen MR) is 57.9 cm³/mol. The van der Waals surface area contributed by atoms with Crippen molar-refractivity contribution in [3.05, 3.63) is 0 Å². The highest BCUT2D eigenvalue weighted by Gasteiger charge is 2.35. The first-order valence-electron chi connectivity index (χ1n) is 5.55. The maximum absolute atomic E-state index is 12.5. The van der Waals surface area contributed by atoms with Crippen LogP contribution in [-0.2, 0) is 9.47 Å². The summed E-state index contributed by atoms with van der Waals surface area (Å²) >= 11 is 0. The van der Waals surface area contributed by atoms with Gasteiger partial charge in [-0.25, -0.2) is 9.18 Å². The second-order valence-corrected chi connectivity index (χ2v) is 4.99. The topological polar surface area (TPSA) is 38.8 Å². The number of hydrogen-bond donors (Lipinski definition) is 0. The third-order valence-electron chi connectivity index (χ3n) is 2.29. The molecule has 0 spiro atoms. The van der Waals surface area contributed by atoms with Crippen molar-refractivity contribution in [3.63, 3.8) is 0 Å². The van der Waals surface area contributed by atoms with Crippen LogP contribution in [0.15, 0.2) is 0 Å². The normalized spacial score (nSPS) is 22.6. The molecule has 0 aromatic heterocycles. The van der Waals surface area contributed by atoms with Crippen LogP contribution in [0.2, 0.25) is 0 Å². The Balaban J connectivity index is 2.34. The van der Waals surface area contributed by atoms with Crippen molar-refractivity contribution < 1.29 is 18.7 Å². The number of rotatable bonds is 3. The van der Waals surface area contributed by atoms with Gasteiger partial charge in [-0.3, -0.25) is 0 Å². The van der Waals surface area contributed by atoms with Gasteiger partial charge >= 0.3 is 6.09 Å². The van der Waals surface area contributed by atoms with Gasteiger partial charge in [-0.2, -0.15) is 0 Å². The average Bonchev–Trinajstić information content (AvgIpc) is 1.96. The highest BCUT2D eigenvalue weighted by molar-refractivity contribution is 5.69. The smallest absolute Gasteiger partial charge is 0.410 e. The van der Waals surface area contributed by atoms with Crippen molar-refractivity contribution in [3.8, 4) is 0 Å². The summed E-state index contributed by atoms with van der Waals surface area (Å²) in [4.78, 5) is 13.2. The lowest BCUT2D eigenvalue weighted by atomic mass is 10.1. The fourth-order valence-corrected chi connectivity index (χ4v) is 1.42. The molecule has 1 heterocycles. The Morgan fingerprint density at radius 3 is 2.56 bits per heavy atom. The monoisotopic (exact) mass is 233 g/mol. The Kier molecular flexibility index (Phi) is 4.13. The van der Waals surface area contributed by atoms with Crippen LogP contribution in [0.3, 0.4) is 0 Å². The SMILES string of the molecule is CC(F)OCC1CCN1C(=O)OC(C)(C)C. The molecule has 1 fully saturated rings. The van der Waals surface area contributed by atoms with Crippen LogP contribution in [0.4, 0.5) is 9.18 Å². The van der Waals surface area contributed by atoms with Crippen LogP contribution in [0, 0.1) is 0 Å². The fourth-order valence-electron chi connectivity index (χ4n) is 1.42. The zero-order chi connectivity index (χ0) is 12.3. The van der Waals surface area contributed by atoms with Crippen LogP contribution >= 0.6 is 0 Å². The first kappa shape index (κ1) is 13.2. The summed E-state index contributed by atoms with van der Waals surface area (Å²) < 4.78 is 22.5. The third-order valence-corrected chi connectivity index (χ3v) is 2.29. The van der Waals surface area contributed by atoms with E-state index < -0.39 is 12.0 Å². The van der Waals surface area contributed by atoms with Gasteiger partial charge in [0.2, 0.25) is 0 Å². The quantitative estimate of drug-likeness (QED) is 0.751. The van der Waals surface area contributed by atoms with Gasteiger partial charge in [0.15, 0.2) is 6.36 Å². The lowest BCUT2D eigenvalue weighted by molar-refractivity contribution is -0.0750. The van der Waals surface area contributed by atoms with Gasteiger partial charge in [0, 0.05) is 6.54 Å². The summed E-state index contributed by atoms with van der Waals surface area (Å²) in [5.41, 5.74) is -0.495. The average molecular weight is 233 g/mol. The molecule has 0 aliphatic carbocycles. The van der Waals surface area contributed by atoms with E-state index in [2.05, 4.69) is 0 Å². The minimum absolute atomic E-state index is 0.0481. The highest BCUT2D eigenvalue weighted by atomic mass is 19.1. The Morgan fingerprint density at radius 1 is 1.56 bits per heavy atom. The number of amides is 1. The van der Waals surface area contributed by atoms with Crippen LogP contribution < -0.4 is 0 Å². The lowest BCUT2D eigenvalue weighted by Crippen LogP contribution is -2.54. The van der Waals surface area contributed by atoms with E-state index in [1.54, 1.807) is 4.90 Å². The standard InChI is InChI=1S/C11H20FNO3/c1-8(12)15-7-9-5-6-13(9)10(14)16-11(2,3)4/h8-9H,5-7H2,1-4H3. The summed E-state index contributed by atoms with van der Waals surface area (Å²) in [7, 11) is 0. The fraction of sp³-hybridized carbons (Fsp3) is 0.909. The van der Waals surface area contributed by atoms with Gasteiger partial charge in [0.1, 0.15) is 5.60 Å². The highest BCUT2D eigenvalue weighted by Crippen LogP contribution is 2.21. The Morgan fingerprint density at radius 2 is 2.19 bits per heavy atom. The molecule has 0 radical (unpaired) electrons. The van der Waals surface area contributed by atoms with Crippen molar-refractivity contribution in [2.45, 2.75) is 52.1 Å². The maximum Gasteiger partial charge on any atom is 0.410 e. The van der Waals surface area contributed by atoms with Crippen molar-refractivity contribution in [2.75, 3.05) is 13.2 Å². The zero-order valence-corrected chi connectivity index (χ0v) is 10.3. The number of ether oxygens (including phenoxy) is 2. The van der Waals surface area contributed by atoms with Crippen molar-refractivity contribution in [1.29, 1.82) is 0 Å². The minimum atomic E-state index is -1.29. The lowest BCUT2D eigenvalue weighted by Gasteiger charge is -2.41. The van der Waals surface area contributed by atoms with E-state index in [1.807, 2.05) is 20.8 Å². The summed E-state index contributed by atoms with van der Waals surface area (Å²) in [5.74, 6) is 0. The van der Waals surface area contributed by atoms with Gasteiger partial charge in [0.25, 0.3) is 0 Å². The van der Waals surface area contributed by atoms with Crippen LogP contribution in [0.5, 0.6) is 0 Å². The second-order valence-electron chi connectivity index (χ2n) is 4.99. The molecular weight excluding hydrogens is 213 g/mol. The molecule has 0 aromatic carbocycles. The molecule has 0 bridgehead atoms. The molecule has 1 rings (SSSR count). The summed E-state index contributed by atoms with van der Waals surface area (Å²) in [6.45, 7) is 7.68. The summed E-state index contributed by atoms with van der Waals surface area (Å²) in [6, 6.07) is -0.0481. The minimum Gasteiger partial charge on any atom is -0.444 e. The van der Waals surface area contributed by atoms with E-state index in [1.165, 1.54) is 6.92 Å². The number of carbonyl (C=O) groups is 1. The van der Waals surface area contributed by atoms with E-state index in [9.17, 15) is 9.18 Å². The molecule has 0 N–H and O–H groups in total. The largest absolute Gasteiger partial charge is 0.444 e. The van der Waals surface area contributed by atoms with Crippen molar-refractivity contribution >= 4 is 6.09 Å². The second kappa shape index (κ2) is 4.99. The number of hydrogen-bond acceptors (Lipinski definition) is 3. The molecule has 1 saturated heterocycles. The summed E-state index contributed by atoms with van der Waals surface area (Å²) in [6.07, 6.45) is -0.800. The first-order chi connectivity index (χ1) is 7.29. The van der Waals surface area contributed by atoms with Crippen molar-refractivity contribution in [1.82, 2.24) is 4.90 Å². The van der Waals surface area contributed by atoms with E-state index >= 15 is 0 Å². The number of alkyl halides is 1. The van der Waals surface area contributed by atoms with Gasteiger partial charge in [0.05, 0.1) is 12.6 Å². The number of nitrogens with zero attached hydrogens (tertiary/aromatic N) is 1. The molecule has 16 heavy (non-hydrogen) atoms. The predicted octanol–water partition coefficient (Wildman–Crippen LogP) is 2.33. The van der Waals surface area contributed by atoms with Gasteiger partial charge in [-0.1, -0.05) is 0 Å². The molecule has 2 unspecified atom stereocenters. The Hall–Kier alpha value is -0.840. The van der Waals surface area contributed by atoms with E-state index in [-0.39, 0.29) is 18.7 Å². The van der Waals surface area contributed by atoms with Gasteiger partial charge in [-0.15, -0.1) is 0 Å². The van der Waals surface area contributed by atoms with E-state index in [4.69, 9.17) is 9.47 Å². The van der Waals surface area contributed by atoms with Crippen LogP contribution in [-0.4, -0.2) is 42.1 Å². The van der Waals surface area contributed by atoms with E-state index in [0.717, 1.165) is 6.42 Å². The van der Waals surface area contributed by atoms with Gasteiger partial charge in [-0.05, 0) is 34.1 Å². The van der Waals surface area contributed by atoms with E-state index in [0.29, 0.717) is 6.54 Å². The molecular formula is C11H20FNO3. The molecule has 1 aliphatic rings. The molecule has 1 aliphatic heterocycles. The molecule has 4 nitrogen and oxygen atoms in total. The number of carbonyl (C=O) groups excluding carboxylic acids is 1. The van der Waals surface area contributed by atoms with Gasteiger partial charge < -0.3 is 14.4 Å². The van der Waals surface area contributed by atoms with Crippen LogP contribution in [0.25, 0.3) is 0 Å². The Bertz CT molecular complexity index is 250. The third kappa shape index (κ3) is 3.96.